The minimum absolute atomic E-state index is 0.625. The van der Waals surface area contributed by atoms with Gasteiger partial charge in [-0.3, -0.25) is 0 Å². The van der Waals surface area contributed by atoms with E-state index in [1.165, 1.54) is 0 Å². The van der Waals surface area contributed by atoms with Crippen LogP contribution < -0.4 is 0 Å². The van der Waals surface area contributed by atoms with Crippen LogP contribution in [0.25, 0.3) is 11.3 Å². The Hall–Kier alpha value is -2.93. The van der Waals surface area contributed by atoms with Gasteiger partial charge in [0.1, 0.15) is 17.1 Å². The normalized spacial score (nSPS) is 10.0. The van der Waals surface area contributed by atoms with E-state index in [0.717, 1.165) is 22.5 Å². The maximum Gasteiger partial charge on any atom is 0.149 e. The van der Waals surface area contributed by atoms with Gasteiger partial charge in [-0.1, -0.05) is 41.4 Å². The number of hydrogen-bond donors (Lipinski definition) is 0. The molecule has 0 saturated heterocycles. The lowest BCUT2D eigenvalue weighted by atomic mass is 10.1. The highest BCUT2D eigenvalue weighted by Crippen LogP contribution is 2.24. The lowest BCUT2D eigenvalue weighted by Crippen LogP contribution is -1.89. The first-order chi connectivity index (χ1) is 10.2. The molecule has 1 aromatic carbocycles. The summed E-state index contributed by atoms with van der Waals surface area (Å²) < 4.78 is 5.27. The van der Waals surface area contributed by atoms with Crippen LogP contribution in [0.2, 0.25) is 0 Å². The smallest absolute Gasteiger partial charge is 0.149 e. The number of aryl methyl sites for hydroxylation is 2. The molecule has 102 valence electrons. The molecule has 21 heavy (non-hydrogen) atoms. The molecular weight excluding hydrogens is 262 g/mol. The molecule has 0 aliphatic rings. The Bertz CT molecular complexity index is 809. The van der Waals surface area contributed by atoms with E-state index in [0.29, 0.717) is 11.5 Å². The van der Waals surface area contributed by atoms with Gasteiger partial charge in [0.2, 0.25) is 0 Å². The molecule has 0 spiro atoms. The molecule has 0 bridgehead atoms. The molecule has 3 aromatic rings. The highest BCUT2D eigenvalue weighted by atomic mass is 16.5. The summed E-state index contributed by atoms with van der Waals surface area (Å²) in [5, 5.41) is 12.1. The molecule has 0 saturated carbocycles. The summed E-state index contributed by atoms with van der Waals surface area (Å²) in [6, 6.07) is 13.6. The van der Waals surface area contributed by atoms with Crippen molar-refractivity contribution in [2.24, 2.45) is 0 Å². The predicted octanol–water partition coefficient (Wildman–Crippen LogP) is 3.15. The van der Waals surface area contributed by atoms with Gasteiger partial charge < -0.3 is 4.52 Å². The van der Waals surface area contributed by atoms with Crippen LogP contribution in [0, 0.1) is 25.7 Å². The SMILES string of the molecule is Cc1ccc(C#Cc2c(-c3ccccc3)noc2C)nn1. The lowest BCUT2D eigenvalue weighted by molar-refractivity contribution is 0.399. The van der Waals surface area contributed by atoms with Crippen LogP contribution in [0.5, 0.6) is 0 Å². The standard InChI is InChI=1S/C17H13N3O/c1-12-8-9-15(19-18-12)10-11-16-13(2)21-20-17(16)14-6-4-3-5-7-14/h3-9H,1-2H3. The fourth-order valence-electron chi connectivity index (χ4n) is 1.90. The van der Waals surface area contributed by atoms with Crippen molar-refractivity contribution in [1.29, 1.82) is 0 Å². The molecule has 0 aliphatic heterocycles. The van der Waals surface area contributed by atoms with Crippen molar-refractivity contribution in [3.63, 3.8) is 0 Å². The Morgan fingerprint density at radius 3 is 2.43 bits per heavy atom. The second kappa shape index (κ2) is 5.59. The van der Waals surface area contributed by atoms with Crippen molar-refractivity contribution in [2.45, 2.75) is 13.8 Å². The van der Waals surface area contributed by atoms with Gasteiger partial charge in [-0.15, -0.1) is 5.10 Å². The molecule has 0 radical (unpaired) electrons. The topological polar surface area (TPSA) is 51.8 Å². The van der Waals surface area contributed by atoms with E-state index in [-0.39, 0.29) is 0 Å². The van der Waals surface area contributed by atoms with Crippen LogP contribution in [-0.4, -0.2) is 15.4 Å². The Balaban J connectivity index is 2.01. The minimum Gasteiger partial charge on any atom is -0.360 e. The molecule has 0 fully saturated rings. The van der Waals surface area contributed by atoms with E-state index >= 15 is 0 Å². The van der Waals surface area contributed by atoms with Crippen molar-refractivity contribution >= 4 is 0 Å². The third-order valence-corrected chi connectivity index (χ3v) is 3.02. The number of nitrogens with zero attached hydrogens (tertiary/aromatic N) is 3. The number of rotatable bonds is 1. The van der Waals surface area contributed by atoms with E-state index in [2.05, 4.69) is 27.2 Å². The van der Waals surface area contributed by atoms with Gasteiger partial charge in [-0.25, -0.2) is 0 Å². The third kappa shape index (κ3) is 2.82. The van der Waals surface area contributed by atoms with Crippen LogP contribution in [0.15, 0.2) is 47.0 Å². The minimum atomic E-state index is 0.625. The summed E-state index contributed by atoms with van der Waals surface area (Å²) in [4.78, 5) is 0. The third-order valence-electron chi connectivity index (χ3n) is 3.02. The average Bonchev–Trinajstić information content (AvgIpc) is 2.89. The fraction of sp³-hybridized carbons (Fsp3) is 0.118. The van der Waals surface area contributed by atoms with Gasteiger partial charge in [0.15, 0.2) is 0 Å². The Labute approximate surface area is 122 Å². The van der Waals surface area contributed by atoms with E-state index in [1.54, 1.807) is 0 Å². The Morgan fingerprint density at radius 1 is 0.905 bits per heavy atom. The molecule has 0 amide bonds. The first-order valence-corrected chi connectivity index (χ1v) is 6.58. The van der Waals surface area contributed by atoms with Gasteiger partial charge >= 0.3 is 0 Å². The summed E-state index contributed by atoms with van der Waals surface area (Å²) >= 11 is 0. The van der Waals surface area contributed by atoms with E-state index in [4.69, 9.17) is 4.52 Å². The van der Waals surface area contributed by atoms with Crippen molar-refractivity contribution in [3.05, 3.63) is 65.2 Å². The first-order valence-electron chi connectivity index (χ1n) is 6.58. The molecule has 0 unspecified atom stereocenters. The molecule has 2 aromatic heterocycles. The summed E-state index contributed by atoms with van der Waals surface area (Å²) in [5.41, 5.74) is 4.00. The molecule has 4 nitrogen and oxygen atoms in total. The Morgan fingerprint density at radius 2 is 1.71 bits per heavy atom. The van der Waals surface area contributed by atoms with Crippen molar-refractivity contribution < 1.29 is 4.52 Å². The van der Waals surface area contributed by atoms with Crippen LogP contribution in [-0.2, 0) is 0 Å². The average molecular weight is 275 g/mol. The number of benzene rings is 1. The summed E-state index contributed by atoms with van der Waals surface area (Å²) in [7, 11) is 0. The van der Waals surface area contributed by atoms with Crippen LogP contribution >= 0.6 is 0 Å². The molecule has 4 heteroatoms. The maximum absolute atomic E-state index is 5.27. The quantitative estimate of drug-likeness (QED) is 0.640. The van der Waals surface area contributed by atoms with E-state index < -0.39 is 0 Å². The molecule has 3 rings (SSSR count). The van der Waals surface area contributed by atoms with Gasteiger partial charge in [0, 0.05) is 5.56 Å². The predicted molar refractivity (Wildman–Crippen MR) is 79.4 cm³/mol. The lowest BCUT2D eigenvalue weighted by Gasteiger charge is -1.95. The largest absolute Gasteiger partial charge is 0.360 e. The molecular formula is C17H13N3O. The summed E-state index contributed by atoms with van der Waals surface area (Å²) in [6.45, 7) is 3.74. The van der Waals surface area contributed by atoms with Gasteiger partial charge in [0.25, 0.3) is 0 Å². The van der Waals surface area contributed by atoms with Crippen molar-refractivity contribution in [1.82, 2.24) is 15.4 Å². The highest BCUT2D eigenvalue weighted by Gasteiger charge is 2.12. The first kappa shape index (κ1) is 13.1. The van der Waals surface area contributed by atoms with Crippen LogP contribution in [0.4, 0.5) is 0 Å². The summed E-state index contributed by atoms with van der Waals surface area (Å²) in [5.74, 6) is 6.78. The van der Waals surface area contributed by atoms with E-state index in [1.807, 2.05) is 56.3 Å². The molecule has 0 atom stereocenters. The van der Waals surface area contributed by atoms with Gasteiger partial charge in [0.05, 0.1) is 11.3 Å². The van der Waals surface area contributed by atoms with Crippen LogP contribution in [0.1, 0.15) is 22.7 Å². The Kier molecular flexibility index (Phi) is 3.48. The number of hydrogen-bond acceptors (Lipinski definition) is 4. The van der Waals surface area contributed by atoms with Crippen LogP contribution in [0.3, 0.4) is 0 Å². The highest BCUT2D eigenvalue weighted by molar-refractivity contribution is 5.68. The maximum atomic E-state index is 5.27. The zero-order valence-electron chi connectivity index (χ0n) is 11.8. The molecule has 0 aliphatic carbocycles. The van der Waals surface area contributed by atoms with Gasteiger partial charge in [-0.2, -0.15) is 5.10 Å². The monoisotopic (exact) mass is 275 g/mol. The zero-order valence-corrected chi connectivity index (χ0v) is 11.8. The van der Waals surface area contributed by atoms with Gasteiger partial charge in [-0.05, 0) is 31.9 Å². The second-order valence-electron chi connectivity index (χ2n) is 4.64. The zero-order chi connectivity index (χ0) is 14.7. The van der Waals surface area contributed by atoms with E-state index in [9.17, 15) is 0 Å². The second-order valence-corrected chi connectivity index (χ2v) is 4.64. The molecule has 0 N–H and O–H groups in total. The van der Waals surface area contributed by atoms with Crippen molar-refractivity contribution in [3.8, 4) is 23.1 Å². The number of aromatic nitrogens is 3. The van der Waals surface area contributed by atoms with Crippen molar-refractivity contribution in [2.75, 3.05) is 0 Å². The molecule has 2 heterocycles. The fourth-order valence-corrected chi connectivity index (χ4v) is 1.90. The summed E-state index contributed by atoms with van der Waals surface area (Å²) in [6.07, 6.45) is 0.